The summed E-state index contributed by atoms with van der Waals surface area (Å²) in [4.78, 5) is 24.5. The highest BCUT2D eigenvalue weighted by molar-refractivity contribution is 6.55. The van der Waals surface area contributed by atoms with Crippen LogP contribution in [-0.2, 0) is 4.79 Å². The van der Waals surface area contributed by atoms with Crippen molar-refractivity contribution in [3.8, 4) is 0 Å². The summed E-state index contributed by atoms with van der Waals surface area (Å²) >= 11 is 11.3. The molecule has 1 amide bonds. The van der Waals surface area contributed by atoms with Crippen LogP contribution in [0.25, 0.3) is 0 Å². The molecule has 0 aromatic heterocycles. The number of alkyl halides is 1. The van der Waals surface area contributed by atoms with Crippen LogP contribution in [0.4, 0.5) is 10.1 Å². The van der Waals surface area contributed by atoms with E-state index in [0.717, 1.165) is 11.0 Å². The van der Waals surface area contributed by atoms with Gasteiger partial charge in [0.15, 0.2) is 0 Å². The number of nitrogens with zero attached hydrogens (tertiary/aromatic N) is 1. The maximum absolute atomic E-state index is 13.7. The van der Waals surface area contributed by atoms with Gasteiger partial charge in [-0.3, -0.25) is 14.5 Å². The maximum atomic E-state index is 13.7. The van der Waals surface area contributed by atoms with Crippen LogP contribution in [0, 0.1) is 5.82 Å². The van der Waals surface area contributed by atoms with Crippen molar-refractivity contribution in [1.82, 2.24) is 0 Å². The van der Waals surface area contributed by atoms with Gasteiger partial charge in [0.25, 0.3) is 11.7 Å². The summed E-state index contributed by atoms with van der Waals surface area (Å²) in [5.41, 5.74) is -0.127. The fourth-order valence-electron chi connectivity index (χ4n) is 1.77. The number of rotatable bonds is 3. The van der Waals surface area contributed by atoms with E-state index < -0.39 is 17.5 Å². The monoisotopic (exact) mass is 287 g/mol. The van der Waals surface area contributed by atoms with Crippen molar-refractivity contribution < 1.29 is 14.0 Å². The van der Waals surface area contributed by atoms with Gasteiger partial charge in [-0.25, -0.2) is 4.39 Å². The Morgan fingerprint density at radius 3 is 2.67 bits per heavy atom. The fraction of sp³-hybridized carbons (Fsp3) is 0.167. The second-order valence-corrected chi connectivity index (χ2v) is 4.34. The number of ketones is 1. The predicted octanol–water partition coefficient (Wildman–Crippen LogP) is 2.80. The van der Waals surface area contributed by atoms with Crippen LogP contribution in [0.15, 0.2) is 24.3 Å². The fourth-order valence-corrected chi connectivity index (χ4v) is 2.13. The topological polar surface area (TPSA) is 37.4 Å². The molecule has 0 aliphatic carbocycles. The summed E-state index contributed by atoms with van der Waals surface area (Å²) in [7, 11) is 0. The van der Waals surface area contributed by atoms with E-state index in [-0.39, 0.29) is 28.7 Å². The number of allylic oxidation sites excluding steroid dienone is 1. The van der Waals surface area contributed by atoms with Gasteiger partial charge in [-0.1, -0.05) is 23.8 Å². The van der Waals surface area contributed by atoms with Crippen molar-refractivity contribution in [1.29, 1.82) is 0 Å². The highest BCUT2D eigenvalue weighted by atomic mass is 35.5. The van der Waals surface area contributed by atoms with Crippen LogP contribution < -0.4 is 4.90 Å². The summed E-state index contributed by atoms with van der Waals surface area (Å²) in [6.07, 6.45) is 3.20. The maximum Gasteiger partial charge on any atom is 0.299 e. The first-order valence-corrected chi connectivity index (χ1v) is 6.04. The summed E-state index contributed by atoms with van der Waals surface area (Å²) in [5.74, 6) is -1.93. The molecule has 0 unspecified atom stereocenters. The molecular weight excluding hydrogens is 280 g/mol. The highest BCUT2D eigenvalue weighted by Gasteiger charge is 2.39. The van der Waals surface area contributed by atoms with E-state index in [1.54, 1.807) is 12.2 Å². The third-order valence-corrected chi connectivity index (χ3v) is 3.05. The largest absolute Gasteiger partial charge is 0.299 e. The molecule has 0 spiro atoms. The van der Waals surface area contributed by atoms with Gasteiger partial charge < -0.3 is 0 Å². The van der Waals surface area contributed by atoms with Gasteiger partial charge in [-0.15, -0.1) is 11.6 Å². The minimum atomic E-state index is -0.784. The molecule has 94 valence electrons. The molecule has 0 saturated heterocycles. The normalized spacial score (nSPS) is 14.7. The molecular formula is C12H8Cl2FNO2. The molecule has 0 radical (unpaired) electrons. The standard InChI is InChI=1S/C12H8Cl2FNO2/c13-5-1-2-6-16-10-8(15)4-3-7(14)9(10)11(17)12(16)18/h1-4H,5-6H2. The van der Waals surface area contributed by atoms with Crippen LogP contribution in [0.2, 0.25) is 5.02 Å². The highest BCUT2D eigenvalue weighted by Crippen LogP contribution is 2.36. The van der Waals surface area contributed by atoms with E-state index in [4.69, 9.17) is 23.2 Å². The molecule has 0 saturated carbocycles. The minimum absolute atomic E-state index is 0.0586. The second-order valence-electron chi connectivity index (χ2n) is 3.62. The molecule has 18 heavy (non-hydrogen) atoms. The van der Waals surface area contributed by atoms with E-state index in [9.17, 15) is 14.0 Å². The smallest absolute Gasteiger partial charge is 0.298 e. The van der Waals surface area contributed by atoms with Crippen LogP contribution in [0.3, 0.4) is 0 Å². The molecule has 1 aromatic carbocycles. The van der Waals surface area contributed by atoms with Crippen LogP contribution in [0.1, 0.15) is 10.4 Å². The Balaban J connectivity index is 2.48. The Kier molecular flexibility index (Phi) is 3.68. The van der Waals surface area contributed by atoms with Gasteiger partial charge in [-0.2, -0.15) is 0 Å². The SMILES string of the molecule is O=C1C(=O)N(CC=CCCl)c2c(F)ccc(Cl)c21. The third kappa shape index (κ3) is 2.02. The van der Waals surface area contributed by atoms with E-state index >= 15 is 0 Å². The first-order valence-electron chi connectivity index (χ1n) is 5.13. The average molecular weight is 288 g/mol. The molecule has 1 aliphatic rings. The Labute approximate surface area is 113 Å². The number of amides is 1. The molecule has 2 rings (SSSR count). The molecule has 0 fully saturated rings. The first kappa shape index (κ1) is 13.1. The number of fused-ring (bicyclic) bond motifs is 1. The number of carbonyl (C=O) groups excluding carboxylic acids is 2. The summed E-state index contributed by atoms with van der Waals surface area (Å²) in [6, 6.07) is 2.39. The molecule has 0 atom stereocenters. The van der Waals surface area contributed by atoms with Crippen molar-refractivity contribution in [3.05, 3.63) is 40.7 Å². The molecule has 0 bridgehead atoms. The zero-order chi connectivity index (χ0) is 13.3. The summed E-state index contributed by atoms with van der Waals surface area (Å²) < 4.78 is 13.7. The van der Waals surface area contributed by atoms with Gasteiger partial charge in [0, 0.05) is 12.4 Å². The number of Topliss-reactive ketones (excluding diaryl/α,β-unsaturated/α-hetero) is 1. The predicted molar refractivity (Wildman–Crippen MR) is 68.0 cm³/mol. The lowest BCUT2D eigenvalue weighted by molar-refractivity contribution is -0.114. The number of anilines is 1. The van der Waals surface area contributed by atoms with Crippen molar-refractivity contribution in [2.75, 3.05) is 17.3 Å². The Bertz CT molecular complexity index is 557. The van der Waals surface area contributed by atoms with Crippen molar-refractivity contribution >= 4 is 40.6 Å². The van der Waals surface area contributed by atoms with Gasteiger partial charge in [-0.05, 0) is 12.1 Å². The number of halogens is 3. The molecule has 6 heteroatoms. The van der Waals surface area contributed by atoms with Crippen molar-refractivity contribution in [3.63, 3.8) is 0 Å². The zero-order valence-electron chi connectivity index (χ0n) is 9.12. The molecule has 1 aliphatic heterocycles. The zero-order valence-corrected chi connectivity index (χ0v) is 10.6. The van der Waals surface area contributed by atoms with E-state index in [0.29, 0.717) is 0 Å². The lowest BCUT2D eigenvalue weighted by atomic mass is 10.1. The number of benzene rings is 1. The van der Waals surface area contributed by atoms with Gasteiger partial charge in [0.05, 0.1) is 16.3 Å². The lowest BCUT2D eigenvalue weighted by Crippen LogP contribution is -2.30. The molecule has 3 nitrogen and oxygen atoms in total. The number of carbonyl (C=O) groups is 2. The van der Waals surface area contributed by atoms with Crippen molar-refractivity contribution in [2.24, 2.45) is 0 Å². The van der Waals surface area contributed by atoms with Crippen LogP contribution >= 0.6 is 23.2 Å². The Morgan fingerprint density at radius 2 is 2.00 bits per heavy atom. The Hall–Kier alpha value is -1.39. The lowest BCUT2D eigenvalue weighted by Gasteiger charge is -2.14. The second kappa shape index (κ2) is 5.08. The quantitative estimate of drug-likeness (QED) is 0.487. The van der Waals surface area contributed by atoms with Crippen molar-refractivity contribution in [2.45, 2.75) is 0 Å². The Morgan fingerprint density at radius 1 is 1.28 bits per heavy atom. The van der Waals surface area contributed by atoms with Gasteiger partial charge in [0.2, 0.25) is 0 Å². The summed E-state index contributed by atoms with van der Waals surface area (Å²) in [5, 5.41) is 0.0774. The van der Waals surface area contributed by atoms with E-state index in [2.05, 4.69) is 0 Å². The molecule has 1 aromatic rings. The molecule has 0 N–H and O–H groups in total. The number of hydrogen-bond acceptors (Lipinski definition) is 2. The minimum Gasteiger partial charge on any atom is -0.298 e. The average Bonchev–Trinajstić information content (AvgIpc) is 2.60. The third-order valence-electron chi connectivity index (χ3n) is 2.56. The molecule has 1 heterocycles. The van der Waals surface area contributed by atoms with E-state index in [1.165, 1.54) is 6.07 Å². The van der Waals surface area contributed by atoms with Gasteiger partial charge in [0.1, 0.15) is 5.82 Å². The van der Waals surface area contributed by atoms with Gasteiger partial charge >= 0.3 is 0 Å². The van der Waals surface area contributed by atoms with E-state index in [1.807, 2.05) is 0 Å². The first-order chi connectivity index (χ1) is 8.57. The van der Waals surface area contributed by atoms with Crippen LogP contribution in [-0.4, -0.2) is 24.1 Å². The number of hydrogen-bond donors (Lipinski definition) is 0. The van der Waals surface area contributed by atoms with Crippen LogP contribution in [0.5, 0.6) is 0 Å². The summed E-state index contributed by atoms with van der Waals surface area (Å²) in [6.45, 7) is 0.0849.